The summed E-state index contributed by atoms with van der Waals surface area (Å²) in [5, 5.41) is 3.18. The molecule has 1 saturated carbocycles. The normalized spacial score (nSPS) is 15.0. The van der Waals surface area contributed by atoms with Crippen LogP contribution in [0.4, 0.5) is 5.82 Å². The molecule has 1 heterocycles. The first-order valence-electron chi connectivity index (χ1n) is 9.34. The lowest BCUT2D eigenvalue weighted by molar-refractivity contribution is -0.124. The molecule has 1 aromatic carbocycles. The number of amides is 1. The highest BCUT2D eigenvalue weighted by Crippen LogP contribution is 2.38. The fourth-order valence-corrected chi connectivity index (χ4v) is 2.85. The van der Waals surface area contributed by atoms with Gasteiger partial charge in [0, 0.05) is 44.1 Å². The van der Waals surface area contributed by atoms with Crippen LogP contribution in [0.2, 0.25) is 0 Å². The van der Waals surface area contributed by atoms with Crippen molar-refractivity contribution in [2.45, 2.75) is 45.1 Å². The van der Waals surface area contributed by atoms with Crippen molar-refractivity contribution in [1.82, 2.24) is 15.3 Å². The molecular weight excluding hydrogens is 324 g/mol. The van der Waals surface area contributed by atoms with Crippen LogP contribution in [0.5, 0.6) is 0 Å². The van der Waals surface area contributed by atoms with Gasteiger partial charge < -0.3 is 10.2 Å². The van der Waals surface area contributed by atoms with Crippen LogP contribution in [0.3, 0.4) is 0 Å². The van der Waals surface area contributed by atoms with Gasteiger partial charge in [-0.05, 0) is 18.4 Å². The summed E-state index contributed by atoms with van der Waals surface area (Å²) in [6, 6.07) is 12.1. The molecule has 0 saturated heterocycles. The van der Waals surface area contributed by atoms with Crippen LogP contribution >= 0.6 is 0 Å². The van der Waals surface area contributed by atoms with Crippen LogP contribution in [0.15, 0.2) is 36.4 Å². The average molecular weight is 352 g/mol. The largest absolute Gasteiger partial charge is 0.363 e. The molecule has 26 heavy (non-hydrogen) atoms. The number of benzene rings is 1. The van der Waals surface area contributed by atoms with Gasteiger partial charge in [-0.2, -0.15) is 0 Å². The Morgan fingerprint density at radius 2 is 1.88 bits per heavy atom. The number of anilines is 1. The average Bonchev–Trinajstić information content (AvgIpc) is 3.46. The van der Waals surface area contributed by atoms with Gasteiger partial charge in [0.1, 0.15) is 11.6 Å². The van der Waals surface area contributed by atoms with Crippen LogP contribution in [0.25, 0.3) is 0 Å². The minimum atomic E-state index is -0.0944. The van der Waals surface area contributed by atoms with Crippen LogP contribution in [0.1, 0.15) is 55.7 Å². The van der Waals surface area contributed by atoms with Gasteiger partial charge in [0.2, 0.25) is 5.91 Å². The Morgan fingerprint density at radius 3 is 2.46 bits per heavy atom. The lowest BCUT2D eigenvalue weighted by atomic mass is 10.0. The predicted molar refractivity (Wildman–Crippen MR) is 104 cm³/mol. The maximum atomic E-state index is 12.3. The monoisotopic (exact) mass is 352 g/mol. The molecule has 1 aliphatic carbocycles. The Kier molecular flexibility index (Phi) is 5.55. The van der Waals surface area contributed by atoms with Crippen molar-refractivity contribution in [3.63, 3.8) is 0 Å². The molecule has 2 aromatic rings. The second-order valence-corrected chi connectivity index (χ2v) is 7.58. The Morgan fingerprint density at radius 1 is 1.19 bits per heavy atom. The molecule has 138 valence electrons. The summed E-state index contributed by atoms with van der Waals surface area (Å²) in [7, 11) is 4.00. The van der Waals surface area contributed by atoms with Crippen LogP contribution in [-0.4, -0.2) is 30.0 Å². The van der Waals surface area contributed by atoms with Crippen LogP contribution in [-0.2, 0) is 11.2 Å². The summed E-state index contributed by atoms with van der Waals surface area (Å²) >= 11 is 0. The van der Waals surface area contributed by atoms with E-state index in [1.54, 1.807) is 0 Å². The summed E-state index contributed by atoms with van der Waals surface area (Å²) < 4.78 is 0. The van der Waals surface area contributed by atoms with Crippen LogP contribution < -0.4 is 10.2 Å². The van der Waals surface area contributed by atoms with Crippen LogP contribution in [0, 0.1) is 5.92 Å². The lowest BCUT2D eigenvalue weighted by Gasteiger charge is -2.21. The second kappa shape index (κ2) is 7.85. The zero-order valence-electron chi connectivity index (χ0n) is 16.1. The maximum absolute atomic E-state index is 12.3. The molecule has 5 nitrogen and oxygen atoms in total. The number of rotatable bonds is 7. The Hall–Kier alpha value is -2.43. The third kappa shape index (κ3) is 4.59. The topological polar surface area (TPSA) is 58.1 Å². The summed E-state index contributed by atoms with van der Waals surface area (Å²) in [6.07, 6.45) is 3.00. The highest BCUT2D eigenvalue weighted by atomic mass is 16.1. The van der Waals surface area contributed by atoms with Crippen molar-refractivity contribution in [3.05, 3.63) is 53.5 Å². The number of nitrogens with zero attached hydrogens (tertiary/aromatic N) is 3. The maximum Gasteiger partial charge on any atom is 0.223 e. The second-order valence-electron chi connectivity index (χ2n) is 7.58. The molecular formula is C21H28N4O. The van der Waals surface area contributed by atoms with Crippen molar-refractivity contribution >= 4 is 11.7 Å². The zero-order chi connectivity index (χ0) is 18.7. The van der Waals surface area contributed by atoms with Gasteiger partial charge in [0.15, 0.2) is 0 Å². The Labute approximate surface area is 155 Å². The fraction of sp³-hybridized carbons (Fsp3) is 0.476. The van der Waals surface area contributed by atoms with Gasteiger partial charge in [0.25, 0.3) is 0 Å². The highest BCUT2D eigenvalue weighted by molar-refractivity contribution is 5.78. The molecule has 1 aromatic heterocycles. The van der Waals surface area contributed by atoms with Crippen molar-refractivity contribution in [2.75, 3.05) is 19.0 Å². The molecule has 1 N–H and O–H groups in total. The third-order valence-electron chi connectivity index (χ3n) is 4.64. The number of nitrogens with one attached hydrogen (secondary N) is 1. The quantitative estimate of drug-likeness (QED) is 0.829. The smallest absolute Gasteiger partial charge is 0.223 e. The fourth-order valence-electron chi connectivity index (χ4n) is 2.85. The van der Waals surface area contributed by atoms with E-state index in [0.717, 1.165) is 22.9 Å². The van der Waals surface area contributed by atoms with Gasteiger partial charge in [-0.15, -0.1) is 0 Å². The van der Waals surface area contributed by atoms with Crippen molar-refractivity contribution in [3.8, 4) is 0 Å². The van der Waals surface area contributed by atoms with E-state index in [1.807, 2.05) is 57.1 Å². The molecule has 1 atom stereocenters. The Balaban J connectivity index is 1.89. The molecule has 0 radical (unpaired) electrons. The first-order valence-corrected chi connectivity index (χ1v) is 9.34. The van der Waals surface area contributed by atoms with Gasteiger partial charge in [0.05, 0.1) is 6.04 Å². The first-order chi connectivity index (χ1) is 12.4. The molecule has 0 bridgehead atoms. The van der Waals surface area contributed by atoms with Gasteiger partial charge in [-0.25, -0.2) is 9.97 Å². The first kappa shape index (κ1) is 18.4. The van der Waals surface area contributed by atoms with E-state index in [0.29, 0.717) is 12.3 Å². The molecule has 0 spiro atoms. The zero-order valence-corrected chi connectivity index (χ0v) is 16.1. The van der Waals surface area contributed by atoms with Crippen molar-refractivity contribution < 1.29 is 4.79 Å². The molecule has 1 amide bonds. The van der Waals surface area contributed by atoms with E-state index in [2.05, 4.69) is 17.4 Å². The third-order valence-corrected chi connectivity index (χ3v) is 4.64. The van der Waals surface area contributed by atoms with E-state index in [1.165, 1.54) is 12.8 Å². The van der Waals surface area contributed by atoms with Crippen molar-refractivity contribution in [1.29, 1.82) is 0 Å². The number of hydrogen-bond donors (Lipinski definition) is 1. The number of carbonyl (C=O) groups is 1. The highest BCUT2D eigenvalue weighted by Gasteiger charge is 2.28. The lowest BCUT2D eigenvalue weighted by Crippen LogP contribution is -2.33. The molecule has 1 fully saturated rings. The van der Waals surface area contributed by atoms with E-state index in [4.69, 9.17) is 9.97 Å². The molecule has 5 heteroatoms. The Bertz CT molecular complexity index is 734. The molecule has 3 rings (SSSR count). The van der Waals surface area contributed by atoms with E-state index in [9.17, 15) is 4.79 Å². The van der Waals surface area contributed by atoms with Gasteiger partial charge in [-0.3, -0.25) is 4.79 Å². The van der Waals surface area contributed by atoms with Gasteiger partial charge >= 0.3 is 0 Å². The molecule has 0 aliphatic heterocycles. The number of aromatic nitrogens is 2. The van der Waals surface area contributed by atoms with E-state index in [-0.39, 0.29) is 17.9 Å². The SMILES string of the molecule is CC(C)C(=O)N[C@@H](Cc1cc(N(C)C)nc(C2CC2)n1)c1ccccc1. The minimum absolute atomic E-state index is 0.0500. The number of carbonyl (C=O) groups excluding carboxylic acids is 1. The van der Waals surface area contributed by atoms with Crippen molar-refractivity contribution in [2.24, 2.45) is 5.92 Å². The summed E-state index contributed by atoms with van der Waals surface area (Å²) in [4.78, 5) is 23.8. The van der Waals surface area contributed by atoms with Gasteiger partial charge in [-0.1, -0.05) is 44.2 Å². The summed E-state index contributed by atoms with van der Waals surface area (Å²) in [5.41, 5.74) is 2.07. The summed E-state index contributed by atoms with van der Waals surface area (Å²) in [6.45, 7) is 3.83. The number of hydrogen-bond acceptors (Lipinski definition) is 4. The predicted octanol–water partition coefficient (Wildman–Crippen LogP) is 3.48. The summed E-state index contributed by atoms with van der Waals surface area (Å²) in [5.74, 6) is 2.37. The van der Waals surface area contributed by atoms with E-state index >= 15 is 0 Å². The molecule has 0 unspecified atom stereocenters. The molecule has 1 aliphatic rings. The minimum Gasteiger partial charge on any atom is -0.363 e. The van der Waals surface area contributed by atoms with E-state index < -0.39 is 0 Å². The standard InChI is InChI=1S/C21H28N4O/c1-14(2)21(26)23-18(15-8-6-5-7-9-15)12-17-13-19(25(3)4)24-20(22-17)16-10-11-16/h5-9,13-14,16,18H,10-12H2,1-4H3,(H,23,26)/t18-/m0/s1.